The molecule has 0 aliphatic carbocycles. The van der Waals surface area contributed by atoms with E-state index < -0.39 is 24.8 Å². The summed E-state index contributed by atoms with van der Waals surface area (Å²) in [6, 6.07) is 0. The van der Waals surface area contributed by atoms with Gasteiger partial charge in [-0.2, -0.15) is 0 Å². The number of quaternary nitrogens is 1. The van der Waals surface area contributed by atoms with E-state index in [1.165, 1.54) is 6.42 Å². The first-order valence-electron chi connectivity index (χ1n) is 13.2. The van der Waals surface area contributed by atoms with Gasteiger partial charge in [-0.3, -0.25) is 9.59 Å². The molecule has 0 amide bonds. The number of likely N-dealkylation sites (N-methyl/N-ethyl adjacent to an activating group) is 1. The smallest absolute Gasteiger partial charge is 0.312 e. The molecule has 0 aromatic rings. The lowest BCUT2D eigenvalue weighted by atomic mass is 10.2. The fourth-order valence-corrected chi connectivity index (χ4v) is 2.53. The zero-order chi connectivity index (χ0) is 27.1. The molecule has 1 unspecified atom stereocenters. The van der Waals surface area contributed by atoms with Crippen molar-refractivity contribution in [3.05, 3.63) is 72.9 Å². The van der Waals surface area contributed by atoms with Crippen LogP contribution in [0.15, 0.2) is 72.9 Å². The summed E-state index contributed by atoms with van der Waals surface area (Å²) in [5.41, 5.74) is 0. The average molecular weight is 505 g/mol. The van der Waals surface area contributed by atoms with Gasteiger partial charge >= 0.3 is 11.9 Å². The zero-order valence-corrected chi connectivity index (χ0v) is 22.9. The number of esters is 2. The molecule has 36 heavy (non-hydrogen) atoms. The summed E-state index contributed by atoms with van der Waals surface area (Å²) in [5.74, 6) is -1.06. The van der Waals surface area contributed by atoms with Gasteiger partial charge in [0.25, 0.3) is 0 Å². The lowest BCUT2D eigenvalue weighted by molar-refractivity contribution is -0.633. The van der Waals surface area contributed by atoms with Crippen molar-refractivity contribution in [3.63, 3.8) is 0 Å². The largest absolute Gasteiger partial charge is 0.428 e. The summed E-state index contributed by atoms with van der Waals surface area (Å²) in [7, 11) is 1.80. The molecule has 0 aliphatic rings. The molecule has 0 aromatic carbocycles. The topological polar surface area (TPSA) is 89.4 Å². The lowest BCUT2D eigenvalue weighted by Crippen LogP contribution is -2.82. The molecule has 6 nitrogen and oxygen atoms in total. The Labute approximate surface area is 219 Å². The van der Waals surface area contributed by atoms with Crippen molar-refractivity contribution >= 4 is 11.9 Å². The van der Waals surface area contributed by atoms with E-state index in [4.69, 9.17) is 9.47 Å². The van der Waals surface area contributed by atoms with Crippen LogP contribution in [0.3, 0.4) is 0 Å². The van der Waals surface area contributed by atoms with E-state index in [1.807, 2.05) is 12.2 Å². The SMILES string of the molecule is CC/C=C\C/C=C\C/C=C\C/C=C\C/C=C\C/C=C\CC(=O)OCOC(=O)CC(O)C[NH2+]C.CCC. The van der Waals surface area contributed by atoms with Gasteiger partial charge in [0.1, 0.15) is 12.6 Å². The number of rotatable bonds is 19. The summed E-state index contributed by atoms with van der Waals surface area (Å²) < 4.78 is 9.59. The summed E-state index contributed by atoms with van der Waals surface area (Å²) in [6.45, 7) is 6.37. The van der Waals surface area contributed by atoms with Crippen molar-refractivity contribution < 1.29 is 29.5 Å². The zero-order valence-electron chi connectivity index (χ0n) is 22.9. The highest BCUT2D eigenvalue weighted by atomic mass is 16.7. The first kappa shape index (κ1) is 35.5. The van der Waals surface area contributed by atoms with Crippen LogP contribution in [-0.2, 0) is 19.1 Å². The Morgan fingerprint density at radius 3 is 1.50 bits per heavy atom. The maximum Gasteiger partial charge on any atom is 0.312 e. The van der Waals surface area contributed by atoms with Crippen molar-refractivity contribution in [2.24, 2.45) is 0 Å². The summed E-state index contributed by atoms with van der Waals surface area (Å²) in [6.07, 6.45) is 31.2. The number of ether oxygens (including phenoxy) is 2. The molecule has 3 N–H and O–H groups in total. The molecule has 0 fully saturated rings. The van der Waals surface area contributed by atoms with Gasteiger partial charge in [-0.1, -0.05) is 100 Å². The molecule has 0 rings (SSSR count). The number of hydrogen-bond donors (Lipinski definition) is 2. The Hall–Kier alpha value is -2.70. The fourth-order valence-electron chi connectivity index (χ4n) is 2.53. The predicted octanol–water partition coefficient (Wildman–Crippen LogP) is 5.48. The highest BCUT2D eigenvalue weighted by Crippen LogP contribution is 1.98. The normalized spacial score (nSPS) is 12.8. The van der Waals surface area contributed by atoms with E-state index in [-0.39, 0.29) is 12.8 Å². The number of carbonyl (C=O) groups excluding carboxylic acids is 2. The van der Waals surface area contributed by atoms with Crippen molar-refractivity contribution in [2.75, 3.05) is 20.4 Å². The Bertz CT molecular complexity index is 689. The fraction of sp³-hybridized carbons (Fsp3) is 0.533. The minimum absolute atomic E-state index is 0.116. The van der Waals surface area contributed by atoms with E-state index in [0.717, 1.165) is 38.5 Å². The second kappa shape index (κ2) is 30.3. The molecule has 0 spiro atoms. The second-order valence-electron chi connectivity index (χ2n) is 7.98. The average Bonchev–Trinajstić information content (AvgIpc) is 2.84. The molecule has 204 valence electrons. The van der Waals surface area contributed by atoms with E-state index in [2.05, 4.69) is 75.5 Å². The maximum absolute atomic E-state index is 11.6. The number of hydrogen-bond acceptors (Lipinski definition) is 5. The van der Waals surface area contributed by atoms with E-state index in [9.17, 15) is 14.7 Å². The van der Waals surface area contributed by atoms with Gasteiger partial charge in [-0.05, 0) is 38.5 Å². The van der Waals surface area contributed by atoms with E-state index in [1.54, 1.807) is 18.4 Å². The van der Waals surface area contributed by atoms with Crippen molar-refractivity contribution in [3.8, 4) is 0 Å². The molecular weight excluding hydrogens is 454 g/mol. The first-order chi connectivity index (χ1) is 17.5. The van der Waals surface area contributed by atoms with Gasteiger partial charge in [-0.25, -0.2) is 0 Å². The molecule has 0 aliphatic heterocycles. The Balaban J connectivity index is 0. The van der Waals surface area contributed by atoms with Crippen LogP contribution in [0.5, 0.6) is 0 Å². The standard InChI is InChI=1S/C27H41NO5.C3H8/c1-3-4-5-6-7-8-9-10-11-12-13-14-15-16-17-18-19-20-21-26(30)32-24-33-27(31)22-25(29)23-28-2;1-3-2/h4-5,7-8,10-11,13-14,16-17,19-20,25,28-29H,3,6,9,12,15,18,21-24H2,1-2H3;3H2,1-2H3/p+1/b5-4-,8-7-,11-10-,14-13-,17-16-,20-19-;. The summed E-state index contributed by atoms with van der Waals surface area (Å²) in [4.78, 5) is 23.0. The van der Waals surface area contributed by atoms with Gasteiger partial charge in [0.05, 0.1) is 19.9 Å². The van der Waals surface area contributed by atoms with Crippen LogP contribution in [0.4, 0.5) is 0 Å². The van der Waals surface area contributed by atoms with Gasteiger partial charge in [-0.15, -0.1) is 0 Å². The highest BCUT2D eigenvalue weighted by Gasteiger charge is 2.13. The third-order valence-electron chi connectivity index (χ3n) is 4.23. The number of aliphatic hydroxyl groups is 1. The monoisotopic (exact) mass is 504 g/mol. The third kappa shape index (κ3) is 31.3. The lowest BCUT2D eigenvalue weighted by Gasteiger charge is -2.08. The van der Waals surface area contributed by atoms with Crippen molar-refractivity contribution in [1.29, 1.82) is 0 Å². The van der Waals surface area contributed by atoms with Crippen LogP contribution in [-0.4, -0.2) is 43.5 Å². The minimum Gasteiger partial charge on any atom is -0.428 e. The third-order valence-corrected chi connectivity index (χ3v) is 4.23. The molecule has 6 heteroatoms. The Kier molecular flexibility index (Phi) is 29.9. The van der Waals surface area contributed by atoms with Gasteiger partial charge in [0.15, 0.2) is 0 Å². The molecule has 0 saturated carbocycles. The van der Waals surface area contributed by atoms with Crippen LogP contribution in [0, 0.1) is 0 Å². The molecule has 0 heterocycles. The minimum atomic E-state index is -0.767. The predicted molar refractivity (Wildman–Crippen MR) is 149 cm³/mol. The van der Waals surface area contributed by atoms with E-state index >= 15 is 0 Å². The van der Waals surface area contributed by atoms with Crippen LogP contribution >= 0.6 is 0 Å². The molecule has 0 aromatic heterocycles. The Morgan fingerprint density at radius 1 is 0.694 bits per heavy atom. The molecular formula is C30H50NO5+. The quantitative estimate of drug-likeness (QED) is 0.138. The van der Waals surface area contributed by atoms with Crippen molar-refractivity contribution in [2.45, 2.75) is 84.7 Å². The van der Waals surface area contributed by atoms with Crippen LogP contribution < -0.4 is 5.32 Å². The van der Waals surface area contributed by atoms with E-state index in [0.29, 0.717) is 6.54 Å². The Morgan fingerprint density at radius 2 is 1.08 bits per heavy atom. The molecule has 0 bridgehead atoms. The number of nitrogens with two attached hydrogens (primary N) is 1. The van der Waals surface area contributed by atoms with Crippen LogP contribution in [0.25, 0.3) is 0 Å². The van der Waals surface area contributed by atoms with Gasteiger partial charge in [0.2, 0.25) is 6.79 Å². The molecule has 0 saturated heterocycles. The van der Waals surface area contributed by atoms with Crippen LogP contribution in [0.1, 0.15) is 78.6 Å². The molecule has 0 radical (unpaired) electrons. The van der Waals surface area contributed by atoms with Crippen LogP contribution in [0.2, 0.25) is 0 Å². The second-order valence-corrected chi connectivity index (χ2v) is 7.98. The summed E-state index contributed by atoms with van der Waals surface area (Å²) >= 11 is 0. The van der Waals surface area contributed by atoms with Crippen molar-refractivity contribution in [1.82, 2.24) is 0 Å². The number of aliphatic hydroxyl groups excluding tert-OH is 1. The molecule has 1 atom stereocenters. The highest BCUT2D eigenvalue weighted by molar-refractivity contribution is 5.72. The van der Waals surface area contributed by atoms with Gasteiger partial charge < -0.3 is 19.9 Å². The maximum atomic E-state index is 11.6. The number of carbonyl (C=O) groups is 2. The van der Waals surface area contributed by atoms with Gasteiger partial charge in [0, 0.05) is 0 Å². The first-order valence-corrected chi connectivity index (χ1v) is 13.2. The number of allylic oxidation sites excluding steroid dienone is 11. The summed E-state index contributed by atoms with van der Waals surface area (Å²) in [5, 5.41) is 11.3.